The molecule has 1 aliphatic carbocycles. The Morgan fingerprint density at radius 3 is 2.63 bits per heavy atom. The van der Waals surface area contributed by atoms with Gasteiger partial charge in [0.05, 0.1) is 5.60 Å². The van der Waals surface area contributed by atoms with Crippen LogP contribution in [0.3, 0.4) is 0 Å². The fourth-order valence-electron chi connectivity index (χ4n) is 6.14. The molecule has 2 aliphatic rings. The number of carbonyl (C=O) groups is 2. The molecule has 1 heterocycles. The minimum absolute atomic E-state index is 0.0440. The van der Waals surface area contributed by atoms with Gasteiger partial charge in [0.15, 0.2) is 0 Å². The highest BCUT2D eigenvalue weighted by Gasteiger charge is 2.41. The maximum absolute atomic E-state index is 13.4. The first-order chi connectivity index (χ1) is 18.2. The molecule has 8 nitrogen and oxygen atoms in total. The number of hydrogen-bond acceptors (Lipinski definition) is 4. The second-order valence-corrected chi connectivity index (χ2v) is 11.8. The Balaban J connectivity index is 1.68. The van der Waals surface area contributed by atoms with Gasteiger partial charge in [0, 0.05) is 57.3 Å². The average Bonchev–Trinajstić information content (AvgIpc) is 2.91. The van der Waals surface area contributed by atoms with Crippen molar-refractivity contribution in [3.05, 3.63) is 34.9 Å². The van der Waals surface area contributed by atoms with Crippen LogP contribution in [-0.4, -0.2) is 80.3 Å². The Labute approximate surface area is 233 Å². The maximum Gasteiger partial charge on any atom is 0.317 e. The van der Waals surface area contributed by atoms with Gasteiger partial charge in [-0.2, -0.15) is 0 Å². The monoisotopic (exact) mass is 549 g/mol. The molecule has 0 radical (unpaired) electrons. The first kappa shape index (κ1) is 30.5. The number of nitrogens with one attached hydrogen (secondary N) is 3. The molecule has 0 bridgehead atoms. The van der Waals surface area contributed by atoms with Crippen molar-refractivity contribution in [3.8, 4) is 0 Å². The Morgan fingerprint density at radius 2 is 1.95 bits per heavy atom. The summed E-state index contributed by atoms with van der Waals surface area (Å²) in [5, 5.41) is 22.1. The van der Waals surface area contributed by atoms with E-state index in [-0.39, 0.29) is 24.0 Å². The molecular formula is C29H48ClN5O3. The van der Waals surface area contributed by atoms with Gasteiger partial charge in [0.1, 0.15) is 0 Å². The number of carbonyl (C=O) groups excluding carboxylic acids is 2. The van der Waals surface area contributed by atoms with E-state index in [1.54, 1.807) is 20.2 Å². The summed E-state index contributed by atoms with van der Waals surface area (Å²) in [7, 11) is 5.34. The van der Waals surface area contributed by atoms with E-state index in [0.717, 1.165) is 31.4 Å². The molecule has 1 saturated heterocycles. The van der Waals surface area contributed by atoms with E-state index in [1.165, 1.54) is 37.0 Å². The lowest BCUT2D eigenvalue weighted by molar-refractivity contribution is -0.0552. The van der Waals surface area contributed by atoms with E-state index in [0.29, 0.717) is 43.4 Å². The molecule has 1 saturated carbocycles. The molecule has 214 valence electrons. The second-order valence-electron chi connectivity index (χ2n) is 11.4. The summed E-state index contributed by atoms with van der Waals surface area (Å²) in [5.41, 5.74) is -0.388. The molecule has 4 amide bonds. The van der Waals surface area contributed by atoms with Crippen LogP contribution in [0.4, 0.5) is 9.59 Å². The molecule has 1 aromatic carbocycles. The van der Waals surface area contributed by atoms with E-state index in [2.05, 4.69) is 16.0 Å². The van der Waals surface area contributed by atoms with Crippen LogP contribution in [0, 0.1) is 11.8 Å². The quantitative estimate of drug-likeness (QED) is 0.304. The van der Waals surface area contributed by atoms with Gasteiger partial charge in [-0.15, -0.1) is 0 Å². The average molecular weight is 550 g/mol. The molecule has 3 atom stereocenters. The van der Waals surface area contributed by atoms with Crippen molar-refractivity contribution in [1.29, 1.82) is 0 Å². The Bertz CT molecular complexity index is 895. The van der Waals surface area contributed by atoms with Crippen molar-refractivity contribution in [2.24, 2.45) is 11.8 Å². The number of likely N-dealkylation sites (tertiary alicyclic amines) is 1. The number of nitrogens with zero attached hydrogens (tertiary/aromatic N) is 2. The Kier molecular flexibility index (Phi) is 12.0. The van der Waals surface area contributed by atoms with Crippen molar-refractivity contribution in [1.82, 2.24) is 25.8 Å². The predicted octanol–water partition coefficient (Wildman–Crippen LogP) is 4.56. The van der Waals surface area contributed by atoms with Crippen molar-refractivity contribution >= 4 is 23.7 Å². The zero-order valence-electron chi connectivity index (χ0n) is 23.5. The standard InChI is InChI=1S/C29H48ClN5O3/c1-31-20-26(18-22-10-5-4-6-11-22)33-28(37)35-17-8-13-24(21-35)29(38,23-12-7-14-25(30)19-23)15-9-16-32-27(36)34(2)3/h7,12,14,19,22,24,26,31,38H,4-6,8-11,13,15-18,20-21H2,1-3H3,(H,32,36)(H,33,37). The van der Waals surface area contributed by atoms with E-state index < -0.39 is 5.60 Å². The smallest absolute Gasteiger partial charge is 0.317 e. The van der Waals surface area contributed by atoms with E-state index in [1.807, 2.05) is 30.1 Å². The molecule has 3 rings (SSSR count). The molecule has 3 unspecified atom stereocenters. The van der Waals surface area contributed by atoms with Crippen molar-refractivity contribution in [2.45, 2.75) is 75.9 Å². The van der Waals surface area contributed by atoms with Crippen LogP contribution in [0.15, 0.2) is 24.3 Å². The number of amides is 4. The van der Waals surface area contributed by atoms with Crippen LogP contribution in [0.5, 0.6) is 0 Å². The number of rotatable bonds is 11. The molecule has 38 heavy (non-hydrogen) atoms. The summed E-state index contributed by atoms with van der Waals surface area (Å²) in [6, 6.07) is 7.30. The van der Waals surface area contributed by atoms with Gasteiger partial charge in [-0.25, -0.2) is 9.59 Å². The summed E-state index contributed by atoms with van der Waals surface area (Å²) < 4.78 is 0. The van der Waals surface area contributed by atoms with Gasteiger partial charge in [-0.05, 0) is 62.8 Å². The number of hydrogen-bond donors (Lipinski definition) is 4. The van der Waals surface area contributed by atoms with Crippen LogP contribution < -0.4 is 16.0 Å². The number of likely N-dealkylation sites (N-methyl/N-ethyl adjacent to an activating group) is 1. The van der Waals surface area contributed by atoms with Crippen molar-refractivity contribution in [3.63, 3.8) is 0 Å². The van der Waals surface area contributed by atoms with Crippen LogP contribution >= 0.6 is 11.6 Å². The van der Waals surface area contributed by atoms with Gasteiger partial charge >= 0.3 is 12.1 Å². The highest BCUT2D eigenvalue weighted by molar-refractivity contribution is 6.30. The van der Waals surface area contributed by atoms with Gasteiger partial charge in [0.25, 0.3) is 0 Å². The van der Waals surface area contributed by atoms with Crippen LogP contribution in [0.25, 0.3) is 0 Å². The van der Waals surface area contributed by atoms with E-state index in [9.17, 15) is 14.7 Å². The number of urea groups is 2. The zero-order chi connectivity index (χ0) is 27.5. The fourth-order valence-corrected chi connectivity index (χ4v) is 6.33. The van der Waals surface area contributed by atoms with Crippen LogP contribution in [0.2, 0.25) is 5.02 Å². The van der Waals surface area contributed by atoms with Gasteiger partial charge in [0.2, 0.25) is 0 Å². The third-order valence-electron chi connectivity index (χ3n) is 8.25. The third kappa shape index (κ3) is 8.75. The summed E-state index contributed by atoms with van der Waals surface area (Å²) in [6.07, 6.45) is 10.1. The number of piperidine rings is 1. The largest absolute Gasteiger partial charge is 0.385 e. The summed E-state index contributed by atoms with van der Waals surface area (Å²) in [5.74, 6) is 0.545. The molecule has 1 aliphatic heterocycles. The molecule has 0 aromatic heterocycles. The zero-order valence-corrected chi connectivity index (χ0v) is 24.2. The van der Waals surface area contributed by atoms with E-state index >= 15 is 0 Å². The number of benzene rings is 1. The van der Waals surface area contributed by atoms with E-state index in [4.69, 9.17) is 11.6 Å². The topological polar surface area (TPSA) is 96.9 Å². The fraction of sp³-hybridized carbons (Fsp3) is 0.724. The molecule has 4 N–H and O–H groups in total. The molecule has 1 aromatic rings. The lowest BCUT2D eigenvalue weighted by Gasteiger charge is -2.43. The number of halogens is 1. The SMILES string of the molecule is CNCC(CC1CCCCC1)NC(=O)N1CCCC(C(O)(CCCNC(=O)N(C)C)c2cccc(Cl)c2)C1. The lowest BCUT2D eigenvalue weighted by atomic mass is 9.74. The summed E-state index contributed by atoms with van der Waals surface area (Å²) in [6.45, 7) is 2.38. The van der Waals surface area contributed by atoms with Gasteiger partial charge < -0.3 is 30.9 Å². The molecule has 0 spiro atoms. The summed E-state index contributed by atoms with van der Waals surface area (Å²) in [4.78, 5) is 28.7. The van der Waals surface area contributed by atoms with Gasteiger partial charge in [-0.1, -0.05) is 55.8 Å². The first-order valence-electron chi connectivity index (χ1n) is 14.4. The van der Waals surface area contributed by atoms with Gasteiger partial charge in [-0.3, -0.25) is 0 Å². The molecular weight excluding hydrogens is 502 g/mol. The number of aliphatic hydroxyl groups is 1. The minimum Gasteiger partial charge on any atom is -0.385 e. The lowest BCUT2D eigenvalue weighted by Crippen LogP contribution is -2.54. The Hall–Kier alpha value is -2.03. The maximum atomic E-state index is 13.4. The van der Waals surface area contributed by atoms with Crippen molar-refractivity contribution < 1.29 is 14.7 Å². The first-order valence-corrected chi connectivity index (χ1v) is 14.7. The van der Waals surface area contributed by atoms with Crippen LogP contribution in [-0.2, 0) is 5.60 Å². The highest BCUT2D eigenvalue weighted by Crippen LogP contribution is 2.40. The molecule has 9 heteroatoms. The van der Waals surface area contributed by atoms with Crippen molar-refractivity contribution in [2.75, 3.05) is 47.3 Å². The Morgan fingerprint density at radius 1 is 1.18 bits per heavy atom. The highest BCUT2D eigenvalue weighted by atomic mass is 35.5. The normalized spacial score (nSPS) is 20.9. The van der Waals surface area contributed by atoms with Crippen LogP contribution in [0.1, 0.15) is 69.8 Å². The predicted molar refractivity (Wildman–Crippen MR) is 153 cm³/mol. The minimum atomic E-state index is -1.15. The summed E-state index contributed by atoms with van der Waals surface area (Å²) >= 11 is 6.32. The third-order valence-corrected chi connectivity index (χ3v) is 8.48. The second kappa shape index (κ2) is 14.9. The molecule has 2 fully saturated rings.